The number of rotatable bonds is 3. The van der Waals surface area contributed by atoms with Crippen LogP contribution in [0.3, 0.4) is 0 Å². The molecule has 1 fully saturated rings. The molecule has 1 aromatic heterocycles. The Kier molecular flexibility index (Phi) is 4.88. The van der Waals surface area contributed by atoms with Gasteiger partial charge in [0.25, 0.3) is 11.8 Å². The van der Waals surface area contributed by atoms with E-state index in [1.807, 2.05) is 10.6 Å². The average molecular weight is 427 g/mol. The monoisotopic (exact) mass is 427 g/mol. The van der Waals surface area contributed by atoms with Gasteiger partial charge in [-0.3, -0.25) is 20.2 Å². The number of amides is 4. The van der Waals surface area contributed by atoms with E-state index in [2.05, 4.69) is 0 Å². The van der Waals surface area contributed by atoms with Gasteiger partial charge in [-0.2, -0.15) is 13.2 Å². The first kappa shape index (κ1) is 20.4. The van der Waals surface area contributed by atoms with Gasteiger partial charge in [0, 0.05) is 28.7 Å². The number of carbonyl (C=O) groups is 3. The van der Waals surface area contributed by atoms with Gasteiger partial charge in [-0.25, -0.2) is 4.79 Å². The number of fused-ring (bicyclic) bond motifs is 1. The van der Waals surface area contributed by atoms with Gasteiger partial charge in [0.15, 0.2) is 0 Å². The summed E-state index contributed by atoms with van der Waals surface area (Å²) in [6.45, 7) is 1.65. The molecule has 0 spiro atoms. The minimum absolute atomic E-state index is 0.0535. The molecule has 1 aliphatic heterocycles. The lowest BCUT2D eigenvalue weighted by Gasteiger charge is -2.15. The molecule has 2 aromatic carbocycles. The maximum Gasteiger partial charge on any atom is 0.416 e. The van der Waals surface area contributed by atoms with Crippen LogP contribution >= 0.6 is 0 Å². The zero-order valence-corrected chi connectivity index (χ0v) is 16.2. The summed E-state index contributed by atoms with van der Waals surface area (Å²) in [6, 6.07) is 11.4. The van der Waals surface area contributed by atoms with E-state index < -0.39 is 29.6 Å². The van der Waals surface area contributed by atoms with Gasteiger partial charge in [0.2, 0.25) is 0 Å². The zero-order valence-electron chi connectivity index (χ0n) is 16.2. The third-order valence-electron chi connectivity index (χ3n) is 5.16. The van der Waals surface area contributed by atoms with E-state index in [-0.39, 0.29) is 17.7 Å². The van der Waals surface area contributed by atoms with Crippen LogP contribution in [0.25, 0.3) is 17.0 Å². The summed E-state index contributed by atoms with van der Waals surface area (Å²) in [5.74, 6) is -1.68. The molecule has 0 atom stereocenters. The van der Waals surface area contributed by atoms with Crippen LogP contribution < -0.4 is 10.6 Å². The van der Waals surface area contributed by atoms with Gasteiger partial charge in [0.05, 0.1) is 5.56 Å². The van der Waals surface area contributed by atoms with Gasteiger partial charge >= 0.3 is 12.2 Å². The first-order valence-electron chi connectivity index (χ1n) is 9.28. The zero-order chi connectivity index (χ0) is 22.3. The second kappa shape index (κ2) is 7.42. The fourth-order valence-corrected chi connectivity index (χ4v) is 3.70. The molecule has 0 radical (unpaired) electrons. The lowest BCUT2D eigenvalue weighted by molar-refractivity contribution is -0.138. The molecule has 31 heavy (non-hydrogen) atoms. The van der Waals surface area contributed by atoms with Crippen LogP contribution in [-0.4, -0.2) is 22.4 Å². The Bertz CT molecular complexity index is 1250. The minimum atomic E-state index is -4.50. The Labute approximate surface area is 174 Å². The number of para-hydroxylation sites is 1. The SMILES string of the molecule is Cc1c(C=C2C(=O)NC(=O)NC2=O)c2ccccc2n1Cc1ccccc1C(F)(F)F. The number of nitrogens with zero attached hydrogens (tertiary/aromatic N) is 1. The van der Waals surface area contributed by atoms with E-state index in [4.69, 9.17) is 0 Å². The predicted molar refractivity (Wildman–Crippen MR) is 107 cm³/mol. The smallest absolute Gasteiger partial charge is 0.340 e. The summed E-state index contributed by atoms with van der Waals surface area (Å²) in [4.78, 5) is 35.5. The van der Waals surface area contributed by atoms with Crippen LogP contribution in [0, 0.1) is 6.92 Å². The Morgan fingerprint density at radius 2 is 1.55 bits per heavy atom. The van der Waals surface area contributed by atoms with Gasteiger partial charge in [-0.1, -0.05) is 36.4 Å². The van der Waals surface area contributed by atoms with E-state index in [1.165, 1.54) is 18.2 Å². The molecule has 1 saturated heterocycles. The number of imide groups is 2. The predicted octanol–water partition coefficient (Wildman–Crippen LogP) is 3.77. The van der Waals surface area contributed by atoms with Crippen LogP contribution in [0.4, 0.5) is 18.0 Å². The molecular formula is C22H16F3N3O3. The van der Waals surface area contributed by atoms with Crippen LogP contribution in [0.15, 0.2) is 54.1 Å². The first-order chi connectivity index (χ1) is 14.7. The summed E-state index contributed by atoms with van der Waals surface area (Å²) in [5, 5.41) is 4.68. The number of nitrogens with one attached hydrogen (secondary N) is 2. The fraction of sp³-hybridized carbons (Fsp3) is 0.136. The van der Waals surface area contributed by atoms with Crippen molar-refractivity contribution in [3.63, 3.8) is 0 Å². The van der Waals surface area contributed by atoms with E-state index in [9.17, 15) is 27.6 Å². The molecule has 0 aliphatic carbocycles. The lowest BCUT2D eigenvalue weighted by atomic mass is 10.1. The van der Waals surface area contributed by atoms with Crippen molar-refractivity contribution in [3.8, 4) is 0 Å². The number of urea groups is 1. The Morgan fingerprint density at radius 3 is 2.23 bits per heavy atom. The van der Waals surface area contributed by atoms with E-state index >= 15 is 0 Å². The molecule has 4 rings (SSSR count). The van der Waals surface area contributed by atoms with E-state index in [0.717, 1.165) is 6.07 Å². The Morgan fingerprint density at radius 1 is 0.935 bits per heavy atom. The second-order valence-electron chi connectivity index (χ2n) is 7.05. The number of aromatic nitrogens is 1. The Balaban J connectivity index is 1.86. The summed E-state index contributed by atoms with van der Waals surface area (Å²) in [6.07, 6.45) is -3.15. The number of halogens is 3. The number of alkyl halides is 3. The fourth-order valence-electron chi connectivity index (χ4n) is 3.70. The van der Waals surface area contributed by atoms with E-state index in [0.29, 0.717) is 22.2 Å². The molecule has 3 aromatic rings. The summed E-state index contributed by atoms with van der Waals surface area (Å²) < 4.78 is 42.1. The topological polar surface area (TPSA) is 80.2 Å². The molecule has 4 amide bonds. The van der Waals surface area contributed by atoms with E-state index in [1.54, 1.807) is 41.8 Å². The Hall–Kier alpha value is -3.88. The third-order valence-corrected chi connectivity index (χ3v) is 5.16. The highest BCUT2D eigenvalue weighted by Crippen LogP contribution is 2.34. The van der Waals surface area contributed by atoms with Crippen molar-refractivity contribution in [2.24, 2.45) is 0 Å². The minimum Gasteiger partial charge on any atom is -0.340 e. The molecule has 2 heterocycles. The van der Waals surface area contributed by atoms with Crippen LogP contribution in [0.5, 0.6) is 0 Å². The number of hydrogen-bond donors (Lipinski definition) is 2. The van der Waals surface area contributed by atoms with Crippen LogP contribution in [-0.2, 0) is 22.3 Å². The van der Waals surface area contributed by atoms with Crippen molar-refractivity contribution in [1.29, 1.82) is 0 Å². The maximum atomic E-state index is 13.5. The second-order valence-corrected chi connectivity index (χ2v) is 7.05. The summed E-state index contributed by atoms with van der Waals surface area (Å²) in [5.41, 5.74) is 0.837. The summed E-state index contributed by atoms with van der Waals surface area (Å²) >= 11 is 0. The van der Waals surface area contributed by atoms with Crippen LogP contribution in [0.2, 0.25) is 0 Å². The van der Waals surface area contributed by atoms with Crippen molar-refractivity contribution in [2.75, 3.05) is 0 Å². The normalized spacial score (nSPS) is 14.6. The largest absolute Gasteiger partial charge is 0.416 e. The molecule has 158 valence electrons. The number of hydrogen-bond acceptors (Lipinski definition) is 3. The average Bonchev–Trinajstić information content (AvgIpc) is 2.96. The van der Waals surface area contributed by atoms with Crippen molar-refractivity contribution in [2.45, 2.75) is 19.6 Å². The summed E-state index contributed by atoms with van der Waals surface area (Å²) in [7, 11) is 0. The molecular weight excluding hydrogens is 411 g/mol. The molecule has 9 heteroatoms. The number of benzene rings is 2. The lowest BCUT2D eigenvalue weighted by Crippen LogP contribution is -2.51. The molecule has 0 unspecified atom stereocenters. The number of barbiturate groups is 1. The van der Waals surface area contributed by atoms with Crippen molar-refractivity contribution in [1.82, 2.24) is 15.2 Å². The third kappa shape index (κ3) is 3.70. The first-order valence-corrected chi connectivity index (χ1v) is 9.28. The van der Waals surface area contributed by atoms with Crippen molar-refractivity contribution < 1.29 is 27.6 Å². The van der Waals surface area contributed by atoms with Gasteiger partial charge in [0.1, 0.15) is 5.57 Å². The highest BCUT2D eigenvalue weighted by Gasteiger charge is 2.33. The highest BCUT2D eigenvalue weighted by atomic mass is 19.4. The highest BCUT2D eigenvalue weighted by molar-refractivity contribution is 6.31. The molecule has 0 bridgehead atoms. The molecule has 1 aliphatic rings. The van der Waals surface area contributed by atoms with Crippen molar-refractivity contribution in [3.05, 3.63) is 76.5 Å². The maximum absolute atomic E-state index is 13.5. The molecule has 6 nitrogen and oxygen atoms in total. The molecule has 2 N–H and O–H groups in total. The van der Waals surface area contributed by atoms with Crippen LogP contribution in [0.1, 0.15) is 22.4 Å². The van der Waals surface area contributed by atoms with Crippen molar-refractivity contribution >= 4 is 34.8 Å². The number of carbonyl (C=O) groups excluding carboxylic acids is 3. The molecule has 0 saturated carbocycles. The van der Waals surface area contributed by atoms with Gasteiger partial charge in [-0.05, 0) is 30.7 Å². The standard InChI is InChI=1S/C22H16F3N3O3/c1-12-15(10-16-19(29)26-21(31)27-20(16)30)14-7-3-5-9-18(14)28(12)11-13-6-2-4-8-17(13)22(23,24)25/h2-10H,11H2,1H3,(H2,26,27,29,30,31). The van der Waals surface area contributed by atoms with Gasteiger partial charge in [-0.15, -0.1) is 0 Å². The van der Waals surface area contributed by atoms with Gasteiger partial charge < -0.3 is 4.57 Å². The quantitative estimate of drug-likeness (QED) is 0.493.